The van der Waals surface area contributed by atoms with Crippen molar-refractivity contribution in [3.05, 3.63) is 71.9 Å². The van der Waals surface area contributed by atoms with Crippen LogP contribution in [0.2, 0.25) is 0 Å². The van der Waals surface area contributed by atoms with E-state index in [9.17, 15) is 47.9 Å². The number of amides is 11. The van der Waals surface area contributed by atoms with Gasteiger partial charge in [0.2, 0.25) is 47.3 Å². The number of primary amides is 3. The number of fused-ring (bicyclic) bond motifs is 1. The van der Waals surface area contributed by atoms with Crippen LogP contribution in [0.5, 0.6) is 0 Å². The number of nitrogens with zero attached hydrogens (tertiary/aromatic N) is 1. The van der Waals surface area contributed by atoms with Crippen molar-refractivity contribution < 1.29 is 47.9 Å². The molecule has 70 heavy (non-hydrogen) atoms. The van der Waals surface area contributed by atoms with Gasteiger partial charge in [-0.15, -0.1) is 11.8 Å². The molecule has 1 saturated heterocycles. The molecule has 22 heteroatoms. The first kappa shape index (κ1) is 54.0. The Labute approximate surface area is 410 Å². The molecule has 2 fully saturated rings. The van der Waals surface area contributed by atoms with Gasteiger partial charge in [-0.2, -0.15) is 0 Å². The maximum atomic E-state index is 14.2. The Kier molecular flexibility index (Phi) is 19.3. The van der Waals surface area contributed by atoms with E-state index in [4.69, 9.17) is 17.2 Å². The van der Waals surface area contributed by atoms with Crippen LogP contribution in [0.1, 0.15) is 96.1 Å². The van der Waals surface area contributed by atoms with Gasteiger partial charge in [-0.05, 0) is 49.8 Å². The molecule has 1 saturated carbocycles. The lowest BCUT2D eigenvalue weighted by molar-refractivity contribution is -0.140. The first-order chi connectivity index (χ1) is 33.4. The highest BCUT2D eigenvalue weighted by molar-refractivity contribution is 8.00. The monoisotopic (exact) mass is 987 g/mol. The number of hydrogen-bond acceptors (Lipinski definition) is 11. The van der Waals surface area contributed by atoms with Crippen molar-refractivity contribution in [1.29, 1.82) is 0 Å². The Morgan fingerprint density at radius 3 is 1.97 bits per heavy atom. The van der Waals surface area contributed by atoms with Gasteiger partial charge < -0.3 is 54.1 Å². The number of urea groups is 1. The third kappa shape index (κ3) is 14.1. The third-order valence-electron chi connectivity index (χ3n) is 12.6. The molecule has 2 heterocycles. The number of nitrogens with one attached hydrogen (secondary N) is 7. The van der Waals surface area contributed by atoms with Crippen LogP contribution in [0.25, 0.3) is 10.9 Å². The van der Waals surface area contributed by atoms with Crippen LogP contribution in [0.15, 0.2) is 60.8 Å². The van der Waals surface area contributed by atoms with Crippen molar-refractivity contribution >= 4 is 81.9 Å². The summed E-state index contributed by atoms with van der Waals surface area (Å²) in [4.78, 5) is 139. The minimum Gasteiger partial charge on any atom is -0.370 e. The SMILES string of the molecule is CCCC[C@@H](C(=O)N[C@@H](CSC(CC(N)=O)C(=O)N[C@H](Cc1ccccc1)C(=O)N[C@@H](CC)C(=O)N[C@@H](Cc1c[nH]c2ccccc12)C(N)=O)C(=O)N[C@H](C)C(N)=O)N1C(=O)NC2(CCCCC2)C1=O. The molecule has 1 spiro atoms. The predicted molar refractivity (Wildman–Crippen MR) is 261 cm³/mol. The second-order valence-electron chi connectivity index (χ2n) is 17.8. The fraction of sp³-hybridized carbons (Fsp3) is 0.500. The molecule has 2 aromatic carbocycles. The molecule has 11 amide bonds. The summed E-state index contributed by atoms with van der Waals surface area (Å²) in [6.45, 7) is 4.83. The molecular weight excluding hydrogens is 923 g/mol. The summed E-state index contributed by atoms with van der Waals surface area (Å²) < 4.78 is 0. The molecule has 13 N–H and O–H groups in total. The van der Waals surface area contributed by atoms with Crippen molar-refractivity contribution in [2.45, 2.75) is 145 Å². The second-order valence-corrected chi connectivity index (χ2v) is 19.1. The molecule has 3 aromatic rings. The number of rotatable bonds is 26. The number of para-hydroxylation sites is 1. The van der Waals surface area contributed by atoms with Gasteiger partial charge in [0.25, 0.3) is 5.91 Å². The number of aromatic nitrogens is 1. The molecule has 1 aliphatic heterocycles. The van der Waals surface area contributed by atoms with Crippen molar-refractivity contribution in [1.82, 2.24) is 41.8 Å². The molecule has 7 atom stereocenters. The molecule has 1 unspecified atom stereocenters. The van der Waals surface area contributed by atoms with E-state index in [1.54, 1.807) is 43.5 Å². The zero-order chi connectivity index (χ0) is 51.1. The first-order valence-corrected chi connectivity index (χ1v) is 24.7. The molecule has 1 aromatic heterocycles. The topological polar surface area (TPSA) is 340 Å². The maximum Gasteiger partial charge on any atom is 0.325 e. The molecule has 1 aliphatic carbocycles. The van der Waals surface area contributed by atoms with Crippen LogP contribution in [0.3, 0.4) is 0 Å². The number of carbonyl (C=O) groups excluding carboxylic acids is 10. The summed E-state index contributed by atoms with van der Waals surface area (Å²) >= 11 is 0.741. The van der Waals surface area contributed by atoms with Crippen molar-refractivity contribution in [3.63, 3.8) is 0 Å². The van der Waals surface area contributed by atoms with Gasteiger partial charge in [-0.3, -0.25) is 43.2 Å². The number of carbonyl (C=O) groups is 10. The lowest BCUT2D eigenvalue weighted by atomic mass is 9.81. The first-order valence-electron chi connectivity index (χ1n) is 23.6. The molecule has 21 nitrogen and oxygen atoms in total. The lowest BCUT2D eigenvalue weighted by Crippen LogP contribution is -2.58. The quantitative estimate of drug-likeness (QED) is 0.0496. The zero-order valence-electron chi connectivity index (χ0n) is 39.7. The van der Waals surface area contributed by atoms with Crippen LogP contribution >= 0.6 is 11.8 Å². The third-order valence-corrected chi connectivity index (χ3v) is 13.9. The number of imide groups is 1. The van der Waals surface area contributed by atoms with Gasteiger partial charge in [0.05, 0.1) is 5.25 Å². The Bertz CT molecular complexity index is 2410. The number of nitrogens with two attached hydrogens (primary N) is 3. The van der Waals surface area contributed by atoms with E-state index in [1.165, 1.54) is 6.92 Å². The molecule has 0 radical (unpaired) electrons. The summed E-state index contributed by atoms with van der Waals surface area (Å²) in [6.07, 6.45) is 5.45. The van der Waals surface area contributed by atoms with Crippen LogP contribution < -0.4 is 49.1 Å². The van der Waals surface area contributed by atoms with E-state index in [2.05, 4.69) is 36.9 Å². The Hall–Kier alpha value is -6.97. The highest BCUT2D eigenvalue weighted by Gasteiger charge is 2.54. The highest BCUT2D eigenvalue weighted by atomic mass is 32.2. The van der Waals surface area contributed by atoms with E-state index < -0.39 is 118 Å². The van der Waals surface area contributed by atoms with Gasteiger partial charge in [-0.25, -0.2) is 9.69 Å². The zero-order valence-corrected chi connectivity index (χ0v) is 40.5. The predicted octanol–water partition coefficient (Wildman–Crippen LogP) is 0.568. The fourth-order valence-corrected chi connectivity index (χ4v) is 9.78. The Morgan fingerprint density at radius 2 is 1.33 bits per heavy atom. The van der Waals surface area contributed by atoms with E-state index >= 15 is 0 Å². The van der Waals surface area contributed by atoms with Crippen LogP contribution in [0, 0.1) is 0 Å². The van der Waals surface area contributed by atoms with Gasteiger partial charge in [0.15, 0.2) is 0 Å². The van der Waals surface area contributed by atoms with E-state index in [0.29, 0.717) is 44.1 Å². The number of unbranched alkanes of at least 4 members (excludes halogenated alkanes) is 1. The van der Waals surface area contributed by atoms with E-state index in [0.717, 1.165) is 39.5 Å². The number of hydrogen-bond donors (Lipinski definition) is 10. The smallest absolute Gasteiger partial charge is 0.325 e. The molecule has 378 valence electrons. The van der Waals surface area contributed by atoms with E-state index in [-0.39, 0.29) is 25.7 Å². The number of thioether (sulfide) groups is 1. The normalized spacial score (nSPS) is 17.2. The van der Waals surface area contributed by atoms with Crippen LogP contribution in [0.4, 0.5) is 4.79 Å². The van der Waals surface area contributed by atoms with Crippen molar-refractivity contribution in [3.8, 4) is 0 Å². The second kappa shape index (κ2) is 25.1. The van der Waals surface area contributed by atoms with E-state index in [1.807, 2.05) is 31.2 Å². The average molecular weight is 988 g/mol. The molecular formula is C48H65N11O10S. The Morgan fingerprint density at radius 1 is 0.714 bits per heavy atom. The van der Waals surface area contributed by atoms with Crippen molar-refractivity contribution in [2.24, 2.45) is 17.2 Å². The van der Waals surface area contributed by atoms with Gasteiger partial charge in [0.1, 0.15) is 41.8 Å². The minimum absolute atomic E-state index is 0.0623. The maximum absolute atomic E-state index is 14.2. The van der Waals surface area contributed by atoms with Crippen LogP contribution in [-0.2, 0) is 56.0 Å². The molecule has 2 aliphatic rings. The lowest BCUT2D eigenvalue weighted by Gasteiger charge is -2.32. The Balaban J connectivity index is 1.35. The molecule has 0 bridgehead atoms. The van der Waals surface area contributed by atoms with Gasteiger partial charge in [-0.1, -0.05) is 94.5 Å². The average Bonchev–Trinajstić information content (AvgIpc) is 3.84. The van der Waals surface area contributed by atoms with Gasteiger partial charge >= 0.3 is 6.03 Å². The summed E-state index contributed by atoms with van der Waals surface area (Å²) in [5.41, 5.74) is 17.8. The summed E-state index contributed by atoms with van der Waals surface area (Å²) in [6, 6.07) is 7.59. The fourth-order valence-electron chi connectivity index (χ4n) is 8.62. The summed E-state index contributed by atoms with van der Waals surface area (Å²) in [5, 5.41) is 15.3. The molecule has 5 rings (SSSR count). The minimum atomic E-state index is -1.52. The van der Waals surface area contributed by atoms with Crippen molar-refractivity contribution in [2.75, 3.05) is 5.75 Å². The van der Waals surface area contributed by atoms with Crippen LogP contribution in [-0.4, -0.2) is 122 Å². The largest absolute Gasteiger partial charge is 0.370 e. The number of aromatic amines is 1. The number of benzene rings is 2. The highest BCUT2D eigenvalue weighted by Crippen LogP contribution is 2.35. The van der Waals surface area contributed by atoms with Gasteiger partial charge in [0, 0.05) is 42.1 Å². The summed E-state index contributed by atoms with van der Waals surface area (Å²) in [5.74, 6) is -7.64. The summed E-state index contributed by atoms with van der Waals surface area (Å²) in [7, 11) is 0. The standard InChI is InChI=1S/C48H65N11O10S/c1-4-6-19-36(59-46(68)48(58-47(59)69)20-13-8-14-21-48)44(66)57-35(43(65)53-27(3)39(50)61)26-70-37(24-38(49)60)45(67)56-34(22-28-15-9-7-10-16-28)42(64)54-31(5-2)41(63)55-33(40(51)62)23-29-25-52-32-18-12-11-17-30(29)32/h7,9-12,15-18,25,27,31,33-37,52H,4-6,8,13-14,19-24,26H2,1-3H3,(H2,49,60)(H2,50,61)(H2,51,62)(H,53,65)(H,54,64)(H,55,63)(H,56,67)(H,57,66)(H,58,69)/t27-,31+,33+,34-,35+,36+,37?/m1/s1. The number of H-pyrrole nitrogens is 1.